The van der Waals surface area contributed by atoms with Crippen molar-refractivity contribution in [3.63, 3.8) is 0 Å². The Morgan fingerprint density at radius 3 is 2.16 bits per heavy atom. The molecule has 1 aromatic carbocycles. The van der Waals surface area contributed by atoms with E-state index < -0.39 is 0 Å². The minimum atomic E-state index is 0.183. The molecule has 2 rings (SSSR count). The minimum Gasteiger partial charge on any atom is -0.394 e. The first-order chi connectivity index (χ1) is 9.24. The maximum Gasteiger partial charge on any atom is 0.0628 e. The zero-order chi connectivity index (χ0) is 13.7. The first-order valence-corrected chi connectivity index (χ1v) is 7.64. The lowest BCUT2D eigenvalue weighted by Crippen LogP contribution is -2.57. The maximum absolute atomic E-state index is 9.70. The van der Waals surface area contributed by atoms with Gasteiger partial charge in [0, 0.05) is 13.1 Å². The summed E-state index contributed by atoms with van der Waals surface area (Å²) in [6.07, 6.45) is 5.18. The molecule has 106 valence electrons. The van der Waals surface area contributed by atoms with Crippen molar-refractivity contribution in [2.75, 3.05) is 19.7 Å². The van der Waals surface area contributed by atoms with Crippen molar-refractivity contribution in [3.05, 3.63) is 35.9 Å². The highest BCUT2D eigenvalue weighted by atomic mass is 16.3. The molecule has 0 aromatic heterocycles. The Labute approximate surface area is 117 Å². The number of rotatable bonds is 7. The van der Waals surface area contributed by atoms with Crippen molar-refractivity contribution in [1.29, 1.82) is 0 Å². The number of aliphatic hydroxyl groups excluding tert-OH is 1. The molecule has 1 unspecified atom stereocenters. The largest absolute Gasteiger partial charge is 0.394 e. The van der Waals surface area contributed by atoms with E-state index in [4.69, 9.17) is 0 Å². The summed E-state index contributed by atoms with van der Waals surface area (Å²) in [6, 6.07) is 10.6. The van der Waals surface area contributed by atoms with Gasteiger partial charge in [0.2, 0.25) is 0 Å². The standard InChI is InChI=1S/C17H27NO/c1-3-10-17(11-4-2)13-18(14-17)16(12-19)15-8-6-5-7-9-15/h5-9,16,19H,3-4,10-14H2,1-2H3. The summed E-state index contributed by atoms with van der Waals surface area (Å²) in [5.41, 5.74) is 1.76. The lowest BCUT2D eigenvalue weighted by molar-refractivity contribution is -0.0581. The normalized spacial score (nSPS) is 19.9. The molecule has 0 radical (unpaired) electrons. The fourth-order valence-electron chi connectivity index (χ4n) is 3.64. The van der Waals surface area contributed by atoms with Crippen molar-refractivity contribution in [3.8, 4) is 0 Å². The lowest BCUT2D eigenvalue weighted by atomic mass is 9.71. The fourth-order valence-corrected chi connectivity index (χ4v) is 3.64. The second-order valence-corrected chi connectivity index (χ2v) is 6.01. The molecule has 0 bridgehead atoms. The van der Waals surface area contributed by atoms with Gasteiger partial charge in [-0.05, 0) is 23.8 Å². The third kappa shape index (κ3) is 3.18. The van der Waals surface area contributed by atoms with Gasteiger partial charge in [0.05, 0.1) is 12.6 Å². The Morgan fingerprint density at radius 2 is 1.68 bits per heavy atom. The van der Waals surface area contributed by atoms with Crippen LogP contribution in [-0.4, -0.2) is 29.7 Å². The molecule has 1 fully saturated rings. The average Bonchev–Trinajstić information content (AvgIpc) is 2.39. The van der Waals surface area contributed by atoms with E-state index in [9.17, 15) is 5.11 Å². The first-order valence-electron chi connectivity index (χ1n) is 7.64. The number of hydrogen-bond donors (Lipinski definition) is 1. The Balaban J connectivity index is 2.00. The summed E-state index contributed by atoms with van der Waals surface area (Å²) in [5.74, 6) is 0. The predicted molar refractivity (Wildman–Crippen MR) is 80.1 cm³/mol. The average molecular weight is 261 g/mol. The zero-order valence-electron chi connectivity index (χ0n) is 12.3. The van der Waals surface area contributed by atoms with E-state index >= 15 is 0 Å². The van der Waals surface area contributed by atoms with Crippen molar-refractivity contribution >= 4 is 0 Å². The van der Waals surface area contributed by atoms with E-state index in [2.05, 4.69) is 43.0 Å². The van der Waals surface area contributed by atoms with Crippen LogP contribution in [0.1, 0.15) is 51.1 Å². The molecule has 19 heavy (non-hydrogen) atoms. The van der Waals surface area contributed by atoms with Crippen LogP contribution in [0, 0.1) is 5.41 Å². The van der Waals surface area contributed by atoms with Gasteiger partial charge in [0.25, 0.3) is 0 Å². The number of aliphatic hydroxyl groups is 1. The number of nitrogens with zero attached hydrogens (tertiary/aromatic N) is 1. The van der Waals surface area contributed by atoms with Crippen LogP contribution in [0.4, 0.5) is 0 Å². The highest BCUT2D eigenvalue weighted by Crippen LogP contribution is 2.43. The van der Waals surface area contributed by atoms with Gasteiger partial charge in [-0.25, -0.2) is 0 Å². The van der Waals surface area contributed by atoms with Crippen LogP contribution in [-0.2, 0) is 0 Å². The van der Waals surface area contributed by atoms with Crippen LogP contribution in [0.5, 0.6) is 0 Å². The Kier molecular flexibility index (Phi) is 5.00. The van der Waals surface area contributed by atoms with Crippen molar-refractivity contribution in [2.45, 2.75) is 45.6 Å². The van der Waals surface area contributed by atoms with Gasteiger partial charge in [0.15, 0.2) is 0 Å². The molecule has 1 N–H and O–H groups in total. The monoisotopic (exact) mass is 261 g/mol. The predicted octanol–water partition coefficient (Wildman–Crippen LogP) is 3.62. The van der Waals surface area contributed by atoms with E-state index in [-0.39, 0.29) is 12.6 Å². The maximum atomic E-state index is 9.70. The molecule has 1 atom stereocenters. The second-order valence-electron chi connectivity index (χ2n) is 6.01. The molecule has 0 spiro atoms. The van der Waals surface area contributed by atoms with Crippen LogP contribution >= 0.6 is 0 Å². The van der Waals surface area contributed by atoms with Gasteiger partial charge in [-0.1, -0.05) is 57.0 Å². The van der Waals surface area contributed by atoms with Crippen LogP contribution < -0.4 is 0 Å². The summed E-state index contributed by atoms with van der Waals surface area (Å²) in [4.78, 5) is 2.45. The quantitative estimate of drug-likeness (QED) is 0.810. The molecule has 1 heterocycles. The van der Waals surface area contributed by atoms with Crippen LogP contribution in [0.3, 0.4) is 0 Å². The van der Waals surface area contributed by atoms with E-state index in [1.54, 1.807) is 0 Å². The van der Waals surface area contributed by atoms with Crippen molar-refractivity contribution in [2.24, 2.45) is 5.41 Å². The third-order valence-electron chi connectivity index (χ3n) is 4.44. The fraction of sp³-hybridized carbons (Fsp3) is 0.647. The molecule has 1 aliphatic heterocycles. The van der Waals surface area contributed by atoms with E-state index in [1.807, 2.05) is 6.07 Å². The Bertz CT molecular complexity index is 362. The van der Waals surface area contributed by atoms with Gasteiger partial charge in [0.1, 0.15) is 0 Å². The summed E-state index contributed by atoms with van der Waals surface area (Å²) in [7, 11) is 0. The highest BCUT2D eigenvalue weighted by molar-refractivity contribution is 5.20. The zero-order valence-corrected chi connectivity index (χ0v) is 12.3. The number of likely N-dealkylation sites (tertiary alicyclic amines) is 1. The van der Waals surface area contributed by atoms with Crippen molar-refractivity contribution in [1.82, 2.24) is 4.90 Å². The third-order valence-corrected chi connectivity index (χ3v) is 4.44. The molecule has 0 saturated carbocycles. The molecular weight excluding hydrogens is 234 g/mol. The number of hydrogen-bond acceptors (Lipinski definition) is 2. The molecule has 1 aromatic rings. The second kappa shape index (κ2) is 6.53. The molecule has 1 saturated heterocycles. The van der Waals surface area contributed by atoms with Crippen LogP contribution in [0.25, 0.3) is 0 Å². The number of benzene rings is 1. The summed E-state index contributed by atoms with van der Waals surface area (Å²) in [6.45, 7) is 7.07. The van der Waals surface area contributed by atoms with Crippen LogP contribution in [0.15, 0.2) is 30.3 Å². The van der Waals surface area contributed by atoms with E-state index in [0.717, 1.165) is 13.1 Å². The van der Waals surface area contributed by atoms with E-state index in [1.165, 1.54) is 31.2 Å². The minimum absolute atomic E-state index is 0.183. The van der Waals surface area contributed by atoms with Gasteiger partial charge in [-0.2, -0.15) is 0 Å². The Hall–Kier alpha value is -0.860. The van der Waals surface area contributed by atoms with Gasteiger partial charge in [-0.15, -0.1) is 0 Å². The topological polar surface area (TPSA) is 23.5 Å². The molecule has 2 heteroatoms. The molecule has 0 aliphatic carbocycles. The van der Waals surface area contributed by atoms with E-state index in [0.29, 0.717) is 5.41 Å². The molecule has 2 nitrogen and oxygen atoms in total. The SMILES string of the molecule is CCCC1(CCC)CN(C(CO)c2ccccc2)C1. The first kappa shape index (κ1) is 14.5. The Morgan fingerprint density at radius 1 is 1.11 bits per heavy atom. The highest BCUT2D eigenvalue weighted by Gasteiger charge is 2.43. The van der Waals surface area contributed by atoms with Gasteiger partial charge >= 0.3 is 0 Å². The molecule has 0 amide bonds. The van der Waals surface area contributed by atoms with Gasteiger partial charge in [-0.3, -0.25) is 4.90 Å². The summed E-state index contributed by atoms with van der Waals surface area (Å²) in [5, 5.41) is 9.70. The molecular formula is C17H27NO. The van der Waals surface area contributed by atoms with Crippen LogP contribution in [0.2, 0.25) is 0 Å². The summed E-state index contributed by atoms with van der Waals surface area (Å²) >= 11 is 0. The summed E-state index contributed by atoms with van der Waals surface area (Å²) < 4.78 is 0. The van der Waals surface area contributed by atoms with Gasteiger partial charge < -0.3 is 5.11 Å². The molecule has 1 aliphatic rings. The van der Waals surface area contributed by atoms with Crippen molar-refractivity contribution < 1.29 is 5.11 Å². The smallest absolute Gasteiger partial charge is 0.0628 e. The lowest BCUT2D eigenvalue weighted by Gasteiger charge is -2.53.